The Kier molecular flexibility index (Phi) is 7.13. The fourth-order valence-electron chi connectivity index (χ4n) is 3.07. The number of benzene rings is 2. The maximum absolute atomic E-state index is 12.9. The van der Waals surface area contributed by atoms with Gasteiger partial charge in [-0.15, -0.1) is 0 Å². The molecule has 2 aromatic carbocycles. The molecule has 1 aliphatic heterocycles. The highest BCUT2D eigenvalue weighted by Gasteiger charge is 2.38. The van der Waals surface area contributed by atoms with Crippen molar-refractivity contribution in [3.05, 3.63) is 74.4 Å². The molecular formula is C21H19Cl3N2O4. The molecule has 1 atom stereocenters. The second-order valence-electron chi connectivity index (χ2n) is 6.41. The summed E-state index contributed by atoms with van der Waals surface area (Å²) in [4.78, 5) is 26.9. The number of likely N-dealkylation sites (N-methyl/N-ethyl adjacent to an activating group) is 1. The normalized spacial score (nSPS) is 16.4. The zero-order valence-corrected chi connectivity index (χ0v) is 18.5. The van der Waals surface area contributed by atoms with Gasteiger partial charge in [-0.1, -0.05) is 53.0 Å². The summed E-state index contributed by atoms with van der Waals surface area (Å²) in [7, 11) is 1.54. The largest absolute Gasteiger partial charge is 0.487 e. The predicted octanol–water partition coefficient (Wildman–Crippen LogP) is 5.24. The summed E-state index contributed by atoms with van der Waals surface area (Å²) in [6.45, 7) is 1.80. The Labute approximate surface area is 189 Å². The van der Waals surface area contributed by atoms with Crippen LogP contribution in [-0.4, -0.2) is 37.2 Å². The molecule has 1 unspecified atom stereocenters. The van der Waals surface area contributed by atoms with Gasteiger partial charge >= 0.3 is 12.0 Å². The molecule has 0 saturated carbocycles. The lowest BCUT2D eigenvalue weighted by Gasteiger charge is -2.34. The Morgan fingerprint density at radius 3 is 2.60 bits per heavy atom. The third-order valence-corrected chi connectivity index (χ3v) is 5.60. The lowest BCUT2D eigenvalue weighted by molar-refractivity contribution is -0.139. The van der Waals surface area contributed by atoms with Gasteiger partial charge in [0.15, 0.2) is 0 Å². The van der Waals surface area contributed by atoms with Crippen molar-refractivity contribution in [2.24, 2.45) is 0 Å². The van der Waals surface area contributed by atoms with E-state index in [1.807, 2.05) is 0 Å². The summed E-state index contributed by atoms with van der Waals surface area (Å²) in [5.41, 5.74) is 1.04. The van der Waals surface area contributed by atoms with Gasteiger partial charge in [-0.2, -0.15) is 0 Å². The number of ether oxygens (including phenoxy) is 2. The van der Waals surface area contributed by atoms with E-state index in [2.05, 4.69) is 5.32 Å². The summed E-state index contributed by atoms with van der Waals surface area (Å²) >= 11 is 18.5. The monoisotopic (exact) mass is 468 g/mol. The van der Waals surface area contributed by atoms with Gasteiger partial charge < -0.3 is 14.8 Å². The molecule has 1 aliphatic rings. The molecular weight excluding hydrogens is 451 g/mol. The lowest BCUT2D eigenvalue weighted by Crippen LogP contribution is -2.48. The number of rotatable bonds is 6. The molecule has 1 N–H and O–H groups in total. The van der Waals surface area contributed by atoms with Crippen LogP contribution < -0.4 is 10.1 Å². The topological polar surface area (TPSA) is 67.9 Å². The van der Waals surface area contributed by atoms with E-state index in [0.717, 1.165) is 0 Å². The van der Waals surface area contributed by atoms with Crippen molar-refractivity contribution in [3.8, 4) is 5.75 Å². The summed E-state index contributed by atoms with van der Waals surface area (Å²) < 4.78 is 11.1. The number of amides is 2. The molecule has 0 radical (unpaired) electrons. The lowest BCUT2D eigenvalue weighted by atomic mass is 9.94. The molecule has 0 saturated heterocycles. The zero-order chi connectivity index (χ0) is 21.8. The van der Waals surface area contributed by atoms with E-state index < -0.39 is 18.0 Å². The molecule has 9 heteroatoms. The van der Waals surface area contributed by atoms with E-state index in [1.165, 1.54) is 4.90 Å². The molecule has 0 bridgehead atoms. The van der Waals surface area contributed by atoms with Crippen LogP contribution in [0.1, 0.15) is 18.5 Å². The molecule has 0 spiro atoms. The minimum Gasteiger partial charge on any atom is -0.487 e. The van der Waals surface area contributed by atoms with Gasteiger partial charge in [-0.3, -0.25) is 4.90 Å². The van der Waals surface area contributed by atoms with E-state index in [1.54, 1.807) is 56.4 Å². The van der Waals surface area contributed by atoms with Gasteiger partial charge in [-0.25, -0.2) is 9.59 Å². The number of carbonyl (C=O) groups excluding carboxylic acids is 2. The number of hydrogen-bond donors (Lipinski definition) is 1. The maximum atomic E-state index is 12.9. The van der Waals surface area contributed by atoms with Crippen molar-refractivity contribution in [3.63, 3.8) is 0 Å². The Bertz CT molecular complexity index is 1010. The van der Waals surface area contributed by atoms with E-state index >= 15 is 0 Å². The van der Waals surface area contributed by atoms with Crippen LogP contribution in [0.15, 0.2) is 53.7 Å². The van der Waals surface area contributed by atoms with Crippen LogP contribution in [0, 0.1) is 0 Å². The van der Waals surface area contributed by atoms with Gasteiger partial charge in [-0.05, 0) is 36.8 Å². The first-order valence-electron chi connectivity index (χ1n) is 9.10. The fourth-order valence-corrected chi connectivity index (χ4v) is 3.66. The van der Waals surface area contributed by atoms with Crippen LogP contribution in [0.3, 0.4) is 0 Å². The van der Waals surface area contributed by atoms with Crippen LogP contribution in [0.25, 0.3) is 0 Å². The first-order chi connectivity index (χ1) is 14.3. The number of urea groups is 1. The van der Waals surface area contributed by atoms with Crippen LogP contribution in [0.2, 0.25) is 15.1 Å². The number of halogens is 3. The summed E-state index contributed by atoms with van der Waals surface area (Å²) in [5.74, 6) is -0.0926. The van der Waals surface area contributed by atoms with Crippen LogP contribution >= 0.6 is 34.8 Å². The van der Waals surface area contributed by atoms with Gasteiger partial charge in [0.1, 0.15) is 12.4 Å². The second-order valence-corrected chi connectivity index (χ2v) is 7.63. The van der Waals surface area contributed by atoms with Gasteiger partial charge in [0.05, 0.1) is 34.0 Å². The van der Waals surface area contributed by atoms with Gasteiger partial charge in [0, 0.05) is 12.1 Å². The van der Waals surface area contributed by atoms with Crippen molar-refractivity contribution < 1.29 is 19.1 Å². The third kappa shape index (κ3) is 4.67. The highest BCUT2D eigenvalue weighted by molar-refractivity contribution is 6.42. The molecule has 158 valence electrons. The third-order valence-electron chi connectivity index (χ3n) is 4.54. The molecule has 3 rings (SSSR count). The average Bonchev–Trinajstić information content (AvgIpc) is 2.71. The first kappa shape index (κ1) is 22.3. The van der Waals surface area contributed by atoms with E-state index in [0.29, 0.717) is 27.1 Å². The number of nitrogens with one attached hydrogen (secondary N) is 1. The summed E-state index contributed by atoms with van der Waals surface area (Å²) in [5, 5.41) is 3.84. The molecule has 0 fully saturated rings. The van der Waals surface area contributed by atoms with E-state index in [4.69, 9.17) is 44.3 Å². The summed E-state index contributed by atoms with van der Waals surface area (Å²) in [6, 6.07) is 10.6. The van der Waals surface area contributed by atoms with E-state index in [9.17, 15) is 9.59 Å². The quantitative estimate of drug-likeness (QED) is 0.588. The maximum Gasteiger partial charge on any atom is 0.338 e. The smallest absolute Gasteiger partial charge is 0.338 e. The van der Waals surface area contributed by atoms with Crippen LogP contribution in [0.4, 0.5) is 4.79 Å². The molecule has 1 heterocycles. The average molecular weight is 470 g/mol. The Morgan fingerprint density at radius 2 is 1.90 bits per heavy atom. The van der Waals surface area contributed by atoms with Crippen LogP contribution in [0.5, 0.6) is 5.75 Å². The Hall–Kier alpha value is -2.41. The van der Waals surface area contributed by atoms with Crippen LogP contribution in [-0.2, 0) is 9.53 Å². The second kappa shape index (κ2) is 9.60. The zero-order valence-electron chi connectivity index (χ0n) is 16.2. The molecule has 2 amide bonds. The summed E-state index contributed by atoms with van der Waals surface area (Å²) in [6.07, 6.45) is 0. The molecule has 6 nitrogen and oxygen atoms in total. The van der Waals surface area contributed by atoms with E-state index in [-0.39, 0.29) is 23.8 Å². The Morgan fingerprint density at radius 1 is 1.17 bits per heavy atom. The standard InChI is InChI=1S/C21H19Cl3N2O4/c1-3-29-20(27)17-16(11-30-13-7-4-6-12(22)10-13)26(2)21(28)25-19(17)14-8-5-9-15(23)18(14)24/h4-10,19H,3,11H2,1-2H3,(H,25,28). The predicted molar refractivity (Wildman–Crippen MR) is 116 cm³/mol. The molecule has 2 aromatic rings. The van der Waals surface area contributed by atoms with Crippen molar-refractivity contribution in [2.45, 2.75) is 13.0 Å². The Balaban J connectivity index is 2.08. The number of esters is 1. The van der Waals surface area contributed by atoms with Gasteiger partial charge in [0.25, 0.3) is 0 Å². The van der Waals surface area contributed by atoms with Crippen molar-refractivity contribution in [2.75, 3.05) is 20.3 Å². The van der Waals surface area contributed by atoms with Crippen molar-refractivity contribution in [1.82, 2.24) is 10.2 Å². The minimum atomic E-state index is -0.850. The van der Waals surface area contributed by atoms with Crippen molar-refractivity contribution in [1.29, 1.82) is 0 Å². The van der Waals surface area contributed by atoms with Gasteiger partial charge in [0.2, 0.25) is 0 Å². The fraction of sp³-hybridized carbons (Fsp3) is 0.238. The minimum absolute atomic E-state index is 0.0624. The highest BCUT2D eigenvalue weighted by Crippen LogP contribution is 2.37. The molecule has 0 aromatic heterocycles. The molecule has 0 aliphatic carbocycles. The SMILES string of the molecule is CCOC(=O)C1=C(COc2cccc(Cl)c2)N(C)C(=O)NC1c1cccc(Cl)c1Cl. The number of hydrogen-bond acceptors (Lipinski definition) is 4. The first-order valence-corrected chi connectivity index (χ1v) is 10.2. The van der Waals surface area contributed by atoms with Crippen molar-refractivity contribution >= 4 is 46.8 Å². The number of carbonyl (C=O) groups is 2. The number of nitrogens with zero attached hydrogens (tertiary/aromatic N) is 1. The highest BCUT2D eigenvalue weighted by atomic mass is 35.5. The molecule has 30 heavy (non-hydrogen) atoms.